The third kappa shape index (κ3) is 9.34. The molecule has 5 nitrogen and oxygen atoms in total. The Bertz CT molecular complexity index is 351. The van der Waals surface area contributed by atoms with E-state index in [0.717, 1.165) is 12.8 Å². The molecular weight excluding hydrogens is 268 g/mol. The van der Waals surface area contributed by atoms with Gasteiger partial charge in [0, 0.05) is 31.2 Å². The Hall–Kier alpha value is -1.23. The van der Waals surface area contributed by atoms with Gasteiger partial charge in [-0.05, 0) is 19.3 Å². The molecule has 21 heavy (non-hydrogen) atoms. The summed E-state index contributed by atoms with van der Waals surface area (Å²) in [5, 5.41) is 2.79. The van der Waals surface area contributed by atoms with Crippen LogP contribution in [-0.4, -0.2) is 30.1 Å². The van der Waals surface area contributed by atoms with Crippen molar-refractivity contribution < 1.29 is 14.4 Å². The van der Waals surface area contributed by atoms with E-state index in [4.69, 9.17) is 5.73 Å². The van der Waals surface area contributed by atoms with Gasteiger partial charge in [0.2, 0.25) is 5.91 Å². The van der Waals surface area contributed by atoms with Crippen molar-refractivity contribution in [1.29, 1.82) is 0 Å². The molecular formula is C16H30N2O3. The topological polar surface area (TPSA) is 89.3 Å². The Kier molecular flexibility index (Phi) is 9.88. The van der Waals surface area contributed by atoms with Gasteiger partial charge in [0.15, 0.2) is 5.78 Å². The Morgan fingerprint density at radius 3 is 2.10 bits per heavy atom. The Labute approximate surface area is 128 Å². The Balaban J connectivity index is 3.65. The van der Waals surface area contributed by atoms with E-state index < -0.39 is 6.04 Å². The lowest BCUT2D eigenvalue weighted by Crippen LogP contribution is -2.33. The smallest absolute Gasteiger partial charge is 0.220 e. The lowest BCUT2D eigenvalue weighted by Gasteiger charge is -2.12. The zero-order chi connectivity index (χ0) is 16.4. The van der Waals surface area contributed by atoms with E-state index in [2.05, 4.69) is 5.32 Å². The van der Waals surface area contributed by atoms with E-state index in [1.807, 2.05) is 27.7 Å². The lowest BCUT2D eigenvalue weighted by molar-refractivity contribution is -0.126. The molecule has 1 unspecified atom stereocenters. The number of nitrogens with two attached hydrogens (primary N) is 1. The number of carbonyl (C=O) groups excluding carboxylic acids is 3. The molecule has 0 saturated heterocycles. The summed E-state index contributed by atoms with van der Waals surface area (Å²) >= 11 is 0. The maximum atomic E-state index is 11.6. The van der Waals surface area contributed by atoms with Crippen LogP contribution in [0.5, 0.6) is 0 Å². The number of amides is 1. The van der Waals surface area contributed by atoms with E-state index >= 15 is 0 Å². The van der Waals surface area contributed by atoms with Crippen LogP contribution in [-0.2, 0) is 14.4 Å². The van der Waals surface area contributed by atoms with Crippen LogP contribution in [0.2, 0.25) is 0 Å². The van der Waals surface area contributed by atoms with Gasteiger partial charge < -0.3 is 11.1 Å². The summed E-state index contributed by atoms with van der Waals surface area (Å²) in [6, 6.07) is -0.399. The van der Waals surface area contributed by atoms with Gasteiger partial charge in [0.1, 0.15) is 5.78 Å². The number of unbranched alkanes of at least 4 members (excludes halogenated alkanes) is 1. The standard InChI is InChI=1S/C16H30N2O3/c1-11(2)14(19)8-9-15(20)18-10-6-5-7-13(17)16(21)12(3)4/h11-13H,5-10,17H2,1-4H3,(H,18,20). The van der Waals surface area contributed by atoms with Crippen LogP contribution >= 0.6 is 0 Å². The average Bonchev–Trinajstić information content (AvgIpc) is 2.42. The molecule has 0 aliphatic rings. The summed E-state index contributed by atoms with van der Waals surface area (Å²) < 4.78 is 0. The summed E-state index contributed by atoms with van der Waals surface area (Å²) in [6.45, 7) is 7.93. The summed E-state index contributed by atoms with van der Waals surface area (Å²) in [6.07, 6.45) is 2.81. The quantitative estimate of drug-likeness (QED) is 0.569. The van der Waals surface area contributed by atoms with E-state index in [1.54, 1.807) is 0 Å². The predicted octanol–water partition coefficient (Wildman–Crippen LogP) is 1.83. The Morgan fingerprint density at radius 2 is 1.57 bits per heavy atom. The molecule has 0 radical (unpaired) electrons. The third-order valence-corrected chi connectivity index (χ3v) is 3.44. The molecule has 1 atom stereocenters. The number of hydrogen-bond donors (Lipinski definition) is 2. The van der Waals surface area contributed by atoms with Gasteiger partial charge in [-0.3, -0.25) is 14.4 Å². The third-order valence-electron chi connectivity index (χ3n) is 3.44. The highest BCUT2D eigenvalue weighted by Gasteiger charge is 2.16. The van der Waals surface area contributed by atoms with Crippen molar-refractivity contribution in [2.24, 2.45) is 17.6 Å². The number of ketones is 2. The highest BCUT2D eigenvalue weighted by molar-refractivity contribution is 5.86. The molecule has 0 aliphatic carbocycles. The number of Topliss-reactive ketones (excluding diaryl/α,β-unsaturated/α-hetero) is 2. The van der Waals surface area contributed by atoms with Gasteiger partial charge in [-0.2, -0.15) is 0 Å². The largest absolute Gasteiger partial charge is 0.356 e. The molecule has 0 aliphatic heterocycles. The second kappa shape index (κ2) is 10.5. The number of carbonyl (C=O) groups is 3. The van der Waals surface area contributed by atoms with Crippen LogP contribution in [0.15, 0.2) is 0 Å². The first kappa shape index (κ1) is 19.8. The predicted molar refractivity (Wildman–Crippen MR) is 83.8 cm³/mol. The molecule has 0 rings (SSSR count). The Morgan fingerprint density at radius 1 is 0.952 bits per heavy atom. The van der Waals surface area contributed by atoms with Crippen molar-refractivity contribution >= 4 is 17.5 Å². The van der Waals surface area contributed by atoms with Gasteiger partial charge in [-0.1, -0.05) is 27.7 Å². The zero-order valence-corrected chi connectivity index (χ0v) is 13.8. The molecule has 0 aromatic heterocycles. The molecule has 0 bridgehead atoms. The van der Waals surface area contributed by atoms with E-state index in [1.165, 1.54) is 0 Å². The minimum atomic E-state index is -0.399. The first-order chi connectivity index (χ1) is 9.75. The van der Waals surface area contributed by atoms with E-state index in [9.17, 15) is 14.4 Å². The molecule has 0 heterocycles. The fourth-order valence-corrected chi connectivity index (χ4v) is 1.90. The van der Waals surface area contributed by atoms with Gasteiger partial charge in [0.05, 0.1) is 6.04 Å². The first-order valence-corrected chi connectivity index (χ1v) is 7.84. The first-order valence-electron chi connectivity index (χ1n) is 7.84. The van der Waals surface area contributed by atoms with Crippen molar-refractivity contribution in [3.05, 3.63) is 0 Å². The number of rotatable bonds is 11. The van der Waals surface area contributed by atoms with Gasteiger partial charge in [0.25, 0.3) is 0 Å². The molecule has 0 spiro atoms. The van der Waals surface area contributed by atoms with Crippen molar-refractivity contribution in [3.63, 3.8) is 0 Å². The van der Waals surface area contributed by atoms with Crippen LogP contribution in [0.1, 0.15) is 59.8 Å². The normalized spacial score (nSPS) is 12.5. The van der Waals surface area contributed by atoms with Crippen LogP contribution in [0, 0.1) is 11.8 Å². The van der Waals surface area contributed by atoms with Crippen molar-refractivity contribution in [1.82, 2.24) is 5.32 Å². The van der Waals surface area contributed by atoms with Crippen LogP contribution < -0.4 is 11.1 Å². The summed E-state index contributed by atoms with van der Waals surface area (Å²) in [7, 11) is 0. The van der Waals surface area contributed by atoms with Gasteiger partial charge in [-0.25, -0.2) is 0 Å². The van der Waals surface area contributed by atoms with E-state index in [0.29, 0.717) is 19.4 Å². The fraction of sp³-hybridized carbons (Fsp3) is 0.812. The van der Waals surface area contributed by atoms with Gasteiger partial charge in [-0.15, -0.1) is 0 Å². The molecule has 0 saturated carbocycles. The fourth-order valence-electron chi connectivity index (χ4n) is 1.90. The molecule has 0 fully saturated rings. The van der Waals surface area contributed by atoms with Crippen LogP contribution in [0.25, 0.3) is 0 Å². The van der Waals surface area contributed by atoms with Crippen LogP contribution in [0.4, 0.5) is 0 Å². The maximum absolute atomic E-state index is 11.6. The van der Waals surface area contributed by atoms with Crippen LogP contribution in [0.3, 0.4) is 0 Å². The molecule has 122 valence electrons. The summed E-state index contributed by atoms with van der Waals surface area (Å²) in [5.41, 5.74) is 5.80. The van der Waals surface area contributed by atoms with E-state index in [-0.39, 0.29) is 35.7 Å². The summed E-state index contributed by atoms with van der Waals surface area (Å²) in [5.74, 6) is 0.0667. The molecule has 0 aromatic rings. The highest BCUT2D eigenvalue weighted by atomic mass is 16.2. The van der Waals surface area contributed by atoms with Crippen molar-refractivity contribution in [2.75, 3.05) is 6.54 Å². The maximum Gasteiger partial charge on any atom is 0.220 e. The second-order valence-electron chi connectivity index (χ2n) is 6.13. The molecule has 0 aromatic carbocycles. The monoisotopic (exact) mass is 298 g/mol. The average molecular weight is 298 g/mol. The highest BCUT2D eigenvalue weighted by Crippen LogP contribution is 2.05. The zero-order valence-electron chi connectivity index (χ0n) is 13.8. The van der Waals surface area contributed by atoms with Crippen molar-refractivity contribution in [3.8, 4) is 0 Å². The SMILES string of the molecule is CC(C)C(=O)CCC(=O)NCCCCC(N)C(=O)C(C)C. The lowest BCUT2D eigenvalue weighted by atomic mass is 9.98. The minimum absolute atomic E-state index is 0.0159. The molecule has 5 heteroatoms. The minimum Gasteiger partial charge on any atom is -0.356 e. The van der Waals surface area contributed by atoms with Gasteiger partial charge >= 0.3 is 0 Å². The second-order valence-corrected chi connectivity index (χ2v) is 6.13. The van der Waals surface area contributed by atoms with Crippen molar-refractivity contribution in [2.45, 2.75) is 65.8 Å². The molecule has 3 N–H and O–H groups in total. The molecule has 1 amide bonds. The summed E-state index contributed by atoms with van der Waals surface area (Å²) in [4.78, 5) is 34.5. The number of nitrogens with one attached hydrogen (secondary N) is 1. The number of hydrogen-bond acceptors (Lipinski definition) is 4.